The summed E-state index contributed by atoms with van der Waals surface area (Å²) in [6, 6.07) is 17.1. The van der Waals surface area contributed by atoms with Gasteiger partial charge in [0.15, 0.2) is 11.8 Å². The Hall–Kier alpha value is -4.18. The van der Waals surface area contributed by atoms with Crippen LogP contribution in [-0.2, 0) is 17.8 Å². The molecule has 5 N–H and O–H groups in total. The molecule has 0 spiro atoms. The zero-order valence-corrected chi connectivity index (χ0v) is 21.5. The summed E-state index contributed by atoms with van der Waals surface area (Å²) in [5.74, 6) is -1.11. The second kappa shape index (κ2) is 13.9. The number of carbonyl (C=O) groups excluding carboxylic acids is 2. The van der Waals surface area contributed by atoms with Crippen molar-refractivity contribution in [1.82, 2.24) is 20.9 Å². The average Bonchev–Trinajstić information content (AvgIpc) is 3.40. The van der Waals surface area contributed by atoms with E-state index in [0.717, 1.165) is 17.4 Å². The summed E-state index contributed by atoms with van der Waals surface area (Å²) in [6.07, 6.45) is -0.410. The van der Waals surface area contributed by atoms with Crippen LogP contribution in [0.5, 0.6) is 0 Å². The van der Waals surface area contributed by atoms with E-state index < -0.39 is 36.1 Å². The Balaban J connectivity index is 1.73. The number of carbonyl (C=O) groups is 3. The Morgan fingerprint density at radius 3 is 2.18 bits per heavy atom. The molecule has 0 aliphatic carbocycles. The van der Waals surface area contributed by atoms with Gasteiger partial charge in [0.25, 0.3) is 5.91 Å². The summed E-state index contributed by atoms with van der Waals surface area (Å²) in [7, 11) is 0. The van der Waals surface area contributed by atoms with Gasteiger partial charge in [-0.1, -0.05) is 74.5 Å². The maximum absolute atomic E-state index is 13.0. The molecule has 10 nitrogen and oxygen atoms in total. The molecule has 3 unspecified atom stereocenters. The lowest BCUT2D eigenvalue weighted by Gasteiger charge is -2.26. The number of hydrogen-bond acceptors (Lipinski definition) is 6. The molecule has 0 radical (unpaired) electrons. The Morgan fingerprint density at radius 1 is 0.947 bits per heavy atom. The molecule has 0 bridgehead atoms. The Kier molecular flexibility index (Phi) is 10.4. The quantitative estimate of drug-likeness (QED) is 0.230. The monoisotopic (exact) mass is 522 g/mol. The van der Waals surface area contributed by atoms with Crippen molar-refractivity contribution >= 4 is 17.9 Å². The number of amides is 3. The molecular weight excluding hydrogens is 488 g/mol. The van der Waals surface area contributed by atoms with E-state index in [2.05, 4.69) is 20.9 Å². The fourth-order valence-electron chi connectivity index (χ4n) is 3.98. The number of aliphatic hydroxyl groups excluding tert-OH is 1. The molecule has 3 rings (SSSR count). The first-order chi connectivity index (χ1) is 18.2. The van der Waals surface area contributed by atoms with Crippen LogP contribution in [0, 0.1) is 5.92 Å². The molecule has 0 saturated heterocycles. The van der Waals surface area contributed by atoms with E-state index in [1.54, 1.807) is 0 Å². The Bertz CT molecular complexity index is 1180. The van der Waals surface area contributed by atoms with Crippen molar-refractivity contribution in [3.8, 4) is 0 Å². The number of nitrogens with one attached hydrogen (secondary N) is 3. The molecule has 0 fully saturated rings. The van der Waals surface area contributed by atoms with Crippen molar-refractivity contribution in [2.24, 2.45) is 5.92 Å². The molecule has 10 heteroatoms. The first-order valence-electron chi connectivity index (χ1n) is 12.5. The van der Waals surface area contributed by atoms with E-state index in [1.165, 1.54) is 0 Å². The maximum Gasteiger partial charge on any atom is 0.405 e. The van der Waals surface area contributed by atoms with Crippen molar-refractivity contribution in [3.63, 3.8) is 0 Å². The molecule has 2 aromatic carbocycles. The fourth-order valence-corrected chi connectivity index (χ4v) is 3.98. The summed E-state index contributed by atoms with van der Waals surface area (Å²) < 4.78 is 5.42. The first-order valence-corrected chi connectivity index (χ1v) is 12.5. The third kappa shape index (κ3) is 8.74. The van der Waals surface area contributed by atoms with Crippen molar-refractivity contribution in [2.45, 2.75) is 57.8 Å². The fraction of sp³-hybridized carbons (Fsp3) is 0.357. The van der Waals surface area contributed by atoms with E-state index in [1.807, 2.05) is 74.5 Å². The van der Waals surface area contributed by atoms with Crippen molar-refractivity contribution in [1.29, 1.82) is 0 Å². The predicted molar refractivity (Wildman–Crippen MR) is 140 cm³/mol. The minimum atomic E-state index is -1.37. The molecule has 3 amide bonds. The van der Waals surface area contributed by atoms with Gasteiger partial charge < -0.3 is 30.6 Å². The van der Waals surface area contributed by atoms with Crippen LogP contribution < -0.4 is 16.0 Å². The van der Waals surface area contributed by atoms with Crippen LogP contribution in [0.4, 0.5) is 4.79 Å². The van der Waals surface area contributed by atoms with Gasteiger partial charge in [-0.25, -0.2) is 9.78 Å². The molecule has 0 aliphatic rings. The Labute approximate surface area is 221 Å². The second-order valence-corrected chi connectivity index (χ2v) is 9.46. The molecule has 3 aromatic rings. The van der Waals surface area contributed by atoms with Crippen LogP contribution in [0.15, 0.2) is 71.3 Å². The van der Waals surface area contributed by atoms with Gasteiger partial charge in [-0.2, -0.15) is 0 Å². The number of oxazole rings is 1. The lowest BCUT2D eigenvalue weighted by Crippen LogP contribution is -2.51. The van der Waals surface area contributed by atoms with Gasteiger partial charge >= 0.3 is 6.09 Å². The molecule has 38 heavy (non-hydrogen) atoms. The van der Waals surface area contributed by atoms with Gasteiger partial charge in [0.1, 0.15) is 12.3 Å². The molecular formula is C28H34N4O6. The number of carboxylic acid groups (broad SMARTS) is 1. The number of nitrogens with zero attached hydrogens (tertiary/aromatic N) is 1. The van der Waals surface area contributed by atoms with Crippen molar-refractivity contribution in [3.05, 3.63) is 89.6 Å². The molecule has 1 aromatic heterocycles. The average molecular weight is 523 g/mol. The zero-order chi connectivity index (χ0) is 27.5. The number of hydrogen-bond donors (Lipinski definition) is 5. The molecule has 202 valence electrons. The number of benzene rings is 2. The van der Waals surface area contributed by atoms with Crippen molar-refractivity contribution in [2.75, 3.05) is 0 Å². The van der Waals surface area contributed by atoms with E-state index in [0.29, 0.717) is 19.4 Å². The highest BCUT2D eigenvalue weighted by atomic mass is 16.4. The van der Waals surface area contributed by atoms with E-state index >= 15 is 0 Å². The van der Waals surface area contributed by atoms with Crippen molar-refractivity contribution < 1.29 is 29.0 Å². The lowest BCUT2D eigenvalue weighted by atomic mass is 9.99. The topological polar surface area (TPSA) is 154 Å². The molecule has 0 saturated carbocycles. The summed E-state index contributed by atoms with van der Waals surface area (Å²) in [6.45, 7) is 4.05. The van der Waals surface area contributed by atoms with Crippen LogP contribution in [0.2, 0.25) is 0 Å². The largest absolute Gasteiger partial charge is 0.465 e. The summed E-state index contributed by atoms with van der Waals surface area (Å²) in [5.41, 5.74) is 1.90. The van der Waals surface area contributed by atoms with Crippen LogP contribution in [0.25, 0.3) is 0 Å². The smallest absolute Gasteiger partial charge is 0.405 e. The minimum absolute atomic E-state index is 0.00616. The molecule has 0 aliphatic heterocycles. The lowest BCUT2D eigenvalue weighted by molar-refractivity contribution is -0.125. The van der Waals surface area contributed by atoms with Crippen LogP contribution in [-0.4, -0.2) is 45.2 Å². The second-order valence-electron chi connectivity index (χ2n) is 9.46. The third-order valence-corrected chi connectivity index (χ3v) is 5.92. The normalized spacial score (nSPS) is 13.4. The Morgan fingerprint density at radius 2 is 1.58 bits per heavy atom. The van der Waals surface area contributed by atoms with E-state index in [9.17, 15) is 24.6 Å². The third-order valence-electron chi connectivity index (χ3n) is 5.92. The van der Waals surface area contributed by atoms with Gasteiger partial charge in [-0.3, -0.25) is 9.59 Å². The van der Waals surface area contributed by atoms with E-state index in [4.69, 9.17) is 4.42 Å². The van der Waals surface area contributed by atoms with Crippen LogP contribution in [0.3, 0.4) is 0 Å². The standard InChI is InChI=1S/C28H34N4O6/c1-18(2)15-22(32-28(36)37)26(35)30-21(14-13-19-9-5-3-6-10-19)24(33)27-31-23(17-38-27)25(34)29-16-20-11-7-4-8-12-20/h3-12,17-18,21-22,24,32-33H,13-16H2,1-2H3,(H,29,34)(H,30,35)(H,36,37). The maximum atomic E-state index is 13.0. The van der Waals surface area contributed by atoms with Gasteiger partial charge in [-0.15, -0.1) is 0 Å². The number of rotatable bonds is 13. The highest BCUT2D eigenvalue weighted by Crippen LogP contribution is 2.21. The SMILES string of the molecule is CC(C)CC(NC(=O)O)C(=O)NC(CCc1ccccc1)C(O)c1nc(C(=O)NCc2ccccc2)co1. The van der Waals surface area contributed by atoms with Gasteiger partial charge in [0.05, 0.1) is 6.04 Å². The minimum Gasteiger partial charge on any atom is -0.465 e. The summed E-state index contributed by atoms with van der Waals surface area (Å²) >= 11 is 0. The van der Waals surface area contributed by atoms with Crippen LogP contribution >= 0.6 is 0 Å². The number of aromatic nitrogens is 1. The van der Waals surface area contributed by atoms with Gasteiger partial charge in [0.2, 0.25) is 11.8 Å². The highest BCUT2D eigenvalue weighted by Gasteiger charge is 2.31. The van der Waals surface area contributed by atoms with Gasteiger partial charge in [0, 0.05) is 6.54 Å². The summed E-state index contributed by atoms with van der Waals surface area (Å²) in [5, 5.41) is 28.1. The number of aryl methyl sites for hydroxylation is 1. The molecule has 3 atom stereocenters. The predicted octanol–water partition coefficient (Wildman–Crippen LogP) is 3.44. The summed E-state index contributed by atoms with van der Waals surface area (Å²) in [4.78, 5) is 41.0. The first kappa shape index (κ1) is 28.4. The van der Waals surface area contributed by atoms with Gasteiger partial charge in [-0.05, 0) is 36.3 Å². The van der Waals surface area contributed by atoms with E-state index in [-0.39, 0.29) is 23.9 Å². The molecule has 1 heterocycles. The van der Waals surface area contributed by atoms with Crippen LogP contribution in [0.1, 0.15) is 60.3 Å². The highest BCUT2D eigenvalue weighted by molar-refractivity contribution is 5.91. The number of aliphatic hydroxyl groups is 1. The zero-order valence-electron chi connectivity index (χ0n) is 21.5.